The predicted octanol–water partition coefficient (Wildman–Crippen LogP) is 2.37. The zero-order chi connectivity index (χ0) is 19.7. The zero-order valence-electron chi connectivity index (χ0n) is 15.6. The van der Waals surface area contributed by atoms with Crippen LogP contribution in [0.15, 0.2) is 11.7 Å². The van der Waals surface area contributed by atoms with Gasteiger partial charge in [-0.05, 0) is 48.5 Å². The van der Waals surface area contributed by atoms with Gasteiger partial charge in [-0.3, -0.25) is 4.18 Å². The van der Waals surface area contributed by atoms with Crippen molar-refractivity contribution in [3.63, 3.8) is 0 Å². The number of nitrogens with two attached hydrogens (primary N) is 1. The molecule has 10 heteroatoms. The predicted molar refractivity (Wildman–Crippen MR) is 108 cm³/mol. The number of hydrogen-bond donors (Lipinski definition) is 3. The Morgan fingerprint density at radius 1 is 1.29 bits per heavy atom. The fourth-order valence-corrected chi connectivity index (χ4v) is 5.89. The van der Waals surface area contributed by atoms with E-state index in [2.05, 4.69) is 20.7 Å². The molecule has 0 amide bonds. The normalized spacial score (nSPS) is 26.3. The van der Waals surface area contributed by atoms with E-state index in [4.69, 9.17) is 9.32 Å². The highest BCUT2D eigenvalue weighted by molar-refractivity contribution is 7.84. The first-order chi connectivity index (χ1) is 13.4. The minimum absolute atomic E-state index is 0.0955. The Morgan fingerprint density at radius 3 is 2.82 bits per heavy atom. The van der Waals surface area contributed by atoms with Crippen LogP contribution in [0.1, 0.15) is 50.0 Å². The summed E-state index contributed by atoms with van der Waals surface area (Å²) in [5.41, 5.74) is 2.00. The molecule has 3 unspecified atom stereocenters. The van der Waals surface area contributed by atoms with Crippen molar-refractivity contribution in [1.29, 1.82) is 0 Å². The second kappa shape index (κ2) is 8.19. The van der Waals surface area contributed by atoms with Gasteiger partial charge in [0.25, 0.3) is 0 Å². The zero-order valence-corrected chi connectivity index (χ0v) is 17.2. The Balaban J connectivity index is 1.48. The van der Waals surface area contributed by atoms with Crippen LogP contribution >= 0.6 is 11.3 Å². The Labute approximate surface area is 168 Å². The lowest BCUT2D eigenvalue weighted by Crippen LogP contribution is -2.24. The number of anilines is 1. The van der Waals surface area contributed by atoms with Crippen molar-refractivity contribution in [3.05, 3.63) is 17.3 Å². The Morgan fingerprint density at radius 2 is 2.07 bits per heavy atom. The summed E-state index contributed by atoms with van der Waals surface area (Å²) in [7, 11) is -4.00. The third-order valence-corrected chi connectivity index (χ3v) is 7.42. The van der Waals surface area contributed by atoms with E-state index in [9.17, 15) is 13.5 Å². The van der Waals surface area contributed by atoms with Crippen molar-refractivity contribution in [2.24, 2.45) is 17.0 Å². The molecule has 2 heterocycles. The summed E-state index contributed by atoms with van der Waals surface area (Å²) in [6.45, 7) is 0.843. The highest BCUT2D eigenvalue weighted by Crippen LogP contribution is 2.43. The van der Waals surface area contributed by atoms with Gasteiger partial charge in [0.05, 0.1) is 22.9 Å². The first kappa shape index (κ1) is 20.0. The van der Waals surface area contributed by atoms with Gasteiger partial charge in [0.2, 0.25) is 0 Å². The summed E-state index contributed by atoms with van der Waals surface area (Å²) in [6.07, 6.45) is 7.34. The molecule has 0 radical (unpaired) electrons. The maximum Gasteiger partial charge on any atom is 0.333 e. The number of thiophene rings is 1. The molecule has 0 bridgehead atoms. The smallest absolute Gasteiger partial charge is 0.333 e. The molecule has 2 aromatic heterocycles. The lowest BCUT2D eigenvalue weighted by molar-refractivity contribution is 0.101. The maximum absolute atomic E-state index is 11.0. The highest BCUT2D eigenvalue weighted by Gasteiger charge is 2.36. The van der Waals surface area contributed by atoms with Crippen molar-refractivity contribution in [2.45, 2.75) is 50.5 Å². The molecule has 154 valence electrons. The molecule has 2 fully saturated rings. The number of nitrogens with one attached hydrogen (secondary N) is 1. The van der Waals surface area contributed by atoms with Gasteiger partial charge in [0, 0.05) is 12.5 Å². The molecule has 0 aliphatic heterocycles. The van der Waals surface area contributed by atoms with Gasteiger partial charge in [0.1, 0.15) is 12.1 Å². The van der Waals surface area contributed by atoms with Crippen LogP contribution in [0.3, 0.4) is 0 Å². The number of hydrogen-bond acceptors (Lipinski definition) is 8. The summed E-state index contributed by atoms with van der Waals surface area (Å²) in [4.78, 5) is 8.92. The molecular formula is C18H26N4O4S2. The third kappa shape index (κ3) is 4.46. The number of fused-ring (bicyclic) bond motifs is 1. The van der Waals surface area contributed by atoms with Crippen LogP contribution in [0.2, 0.25) is 0 Å². The van der Waals surface area contributed by atoms with E-state index in [0.717, 1.165) is 28.1 Å². The Kier molecular flexibility index (Phi) is 5.84. The number of aliphatic hydroxyl groups is 1. The summed E-state index contributed by atoms with van der Waals surface area (Å²) < 4.78 is 27.8. The molecule has 0 spiro atoms. The highest BCUT2D eigenvalue weighted by atomic mass is 32.2. The minimum Gasteiger partial charge on any atom is -0.393 e. The van der Waals surface area contributed by atoms with E-state index in [1.165, 1.54) is 25.7 Å². The molecule has 2 aromatic rings. The SMILES string of the molecule is NS(=O)(=O)OCC1CC(c2csc3c(NCC4CCCC4)ncnc23)CC1O. The first-order valence-electron chi connectivity index (χ1n) is 9.72. The van der Waals surface area contributed by atoms with Crippen LogP contribution in [-0.4, -0.2) is 42.7 Å². The van der Waals surface area contributed by atoms with E-state index in [0.29, 0.717) is 18.8 Å². The topological polar surface area (TPSA) is 127 Å². The molecule has 3 atom stereocenters. The van der Waals surface area contributed by atoms with E-state index >= 15 is 0 Å². The molecule has 28 heavy (non-hydrogen) atoms. The fourth-order valence-electron chi connectivity index (χ4n) is 4.46. The van der Waals surface area contributed by atoms with E-state index in [1.54, 1.807) is 17.7 Å². The molecular weight excluding hydrogens is 400 g/mol. The molecule has 4 N–H and O–H groups in total. The summed E-state index contributed by atoms with van der Waals surface area (Å²) >= 11 is 1.61. The van der Waals surface area contributed by atoms with Crippen molar-refractivity contribution < 1.29 is 17.7 Å². The summed E-state index contributed by atoms with van der Waals surface area (Å²) in [5.74, 6) is 1.44. The van der Waals surface area contributed by atoms with Crippen molar-refractivity contribution in [1.82, 2.24) is 9.97 Å². The molecule has 2 saturated carbocycles. The monoisotopic (exact) mass is 426 g/mol. The van der Waals surface area contributed by atoms with Crippen molar-refractivity contribution >= 4 is 37.7 Å². The van der Waals surface area contributed by atoms with E-state index < -0.39 is 16.4 Å². The van der Waals surface area contributed by atoms with E-state index in [-0.39, 0.29) is 18.4 Å². The van der Waals surface area contributed by atoms with Gasteiger partial charge < -0.3 is 10.4 Å². The second-order valence-electron chi connectivity index (χ2n) is 7.90. The van der Waals surface area contributed by atoms with Gasteiger partial charge in [-0.25, -0.2) is 15.1 Å². The Hall–Kier alpha value is -1.33. The van der Waals surface area contributed by atoms with Gasteiger partial charge in [-0.15, -0.1) is 11.3 Å². The number of rotatable bonds is 7. The third-order valence-electron chi connectivity index (χ3n) is 5.96. The van der Waals surface area contributed by atoms with Crippen molar-refractivity contribution in [2.75, 3.05) is 18.5 Å². The molecule has 4 rings (SSSR count). The van der Waals surface area contributed by atoms with Crippen LogP contribution in [0.5, 0.6) is 0 Å². The number of nitrogens with zero attached hydrogens (tertiary/aromatic N) is 2. The molecule has 2 aliphatic rings. The fraction of sp³-hybridized carbons (Fsp3) is 0.667. The van der Waals surface area contributed by atoms with Crippen molar-refractivity contribution in [3.8, 4) is 0 Å². The Bertz CT molecular complexity index is 927. The number of aromatic nitrogens is 2. The van der Waals surface area contributed by atoms with Gasteiger partial charge in [0.15, 0.2) is 0 Å². The van der Waals surface area contributed by atoms with E-state index in [1.807, 2.05) is 0 Å². The van der Waals surface area contributed by atoms with Crippen LogP contribution in [-0.2, 0) is 14.5 Å². The largest absolute Gasteiger partial charge is 0.393 e. The van der Waals surface area contributed by atoms with Crippen LogP contribution < -0.4 is 10.5 Å². The average molecular weight is 427 g/mol. The lowest BCUT2D eigenvalue weighted by Gasteiger charge is -2.13. The first-order valence-corrected chi connectivity index (χ1v) is 12.1. The summed E-state index contributed by atoms with van der Waals surface area (Å²) in [5, 5.41) is 20.8. The standard InChI is InChI=1S/C18H26N4O4S2/c19-28(24,25)26-8-13-5-12(6-15(13)23)14-9-27-17-16(14)21-10-22-18(17)20-7-11-3-1-2-4-11/h9-13,15,23H,1-8H2,(H2,19,24,25)(H,20,21,22). The molecule has 2 aliphatic carbocycles. The van der Waals surface area contributed by atoms with Gasteiger partial charge in [-0.2, -0.15) is 8.42 Å². The van der Waals surface area contributed by atoms with Crippen LogP contribution in [0.4, 0.5) is 5.82 Å². The lowest BCUT2D eigenvalue weighted by atomic mass is 9.98. The molecule has 0 aromatic carbocycles. The quantitative estimate of drug-likeness (QED) is 0.620. The van der Waals surface area contributed by atoms with Crippen LogP contribution in [0.25, 0.3) is 10.2 Å². The number of aliphatic hydroxyl groups excluding tert-OH is 1. The summed E-state index contributed by atoms with van der Waals surface area (Å²) in [6, 6.07) is 0. The maximum atomic E-state index is 11.0. The second-order valence-corrected chi connectivity index (χ2v) is 10.00. The van der Waals surface area contributed by atoms with Gasteiger partial charge >= 0.3 is 10.3 Å². The molecule has 8 nitrogen and oxygen atoms in total. The van der Waals surface area contributed by atoms with Crippen LogP contribution in [0, 0.1) is 11.8 Å². The van der Waals surface area contributed by atoms with Gasteiger partial charge in [-0.1, -0.05) is 12.8 Å². The molecule has 0 saturated heterocycles. The average Bonchev–Trinajstić information content (AvgIpc) is 3.37. The minimum atomic E-state index is -4.00.